The highest BCUT2D eigenvalue weighted by molar-refractivity contribution is 5.85. The van der Waals surface area contributed by atoms with E-state index in [1.165, 1.54) is 0 Å². The summed E-state index contributed by atoms with van der Waals surface area (Å²) in [5, 5.41) is 21.7. The number of hydrogen-bond donors (Lipinski definition) is 1. The maximum Gasteiger partial charge on any atom is 0.311 e. The number of rotatable bonds is 4. The normalized spacial score (nSPS) is 26.1. The molecule has 7 nitrogen and oxygen atoms in total. The van der Waals surface area contributed by atoms with Gasteiger partial charge in [-0.1, -0.05) is 24.6 Å². The molecule has 0 radical (unpaired) electrons. The van der Waals surface area contributed by atoms with Gasteiger partial charge in [-0.15, -0.1) is 17.5 Å². The molecule has 4 rings (SSSR count). The van der Waals surface area contributed by atoms with Gasteiger partial charge in [-0.2, -0.15) is 4.68 Å². The summed E-state index contributed by atoms with van der Waals surface area (Å²) < 4.78 is 1.72. The number of aliphatic carboxylic acids is 1. The van der Waals surface area contributed by atoms with Crippen molar-refractivity contribution in [3.05, 3.63) is 36.2 Å². The molecule has 2 fully saturated rings. The molecule has 0 spiro atoms. The third-order valence-corrected chi connectivity index (χ3v) is 5.27. The summed E-state index contributed by atoms with van der Waals surface area (Å²) in [6, 6.07) is 9.75. The molecule has 1 saturated heterocycles. The van der Waals surface area contributed by atoms with E-state index in [2.05, 4.69) is 20.4 Å². The van der Waals surface area contributed by atoms with E-state index in [1.807, 2.05) is 30.3 Å². The van der Waals surface area contributed by atoms with Crippen LogP contribution >= 0.6 is 12.4 Å². The molecule has 2 aromatic rings. The van der Waals surface area contributed by atoms with Crippen molar-refractivity contribution in [3.63, 3.8) is 0 Å². The van der Waals surface area contributed by atoms with Crippen LogP contribution < -0.4 is 0 Å². The molecule has 0 unspecified atom stereocenters. The van der Waals surface area contributed by atoms with Gasteiger partial charge in [-0.25, -0.2) is 0 Å². The van der Waals surface area contributed by atoms with E-state index in [4.69, 9.17) is 0 Å². The van der Waals surface area contributed by atoms with E-state index in [1.54, 1.807) is 4.68 Å². The predicted octanol–water partition coefficient (Wildman–Crippen LogP) is 1.77. The molecule has 1 aromatic carbocycles. The lowest BCUT2D eigenvalue weighted by Crippen LogP contribution is -2.35. The molecule has 1 aliphatic heterocycles. The van der Waals surface area contributed by atoms with Crippen LogP contribution in [-0.4, -0.2) is 49.3 Å². The average Bonchev–Trinajstić information content (AvgIpc) is 3.22. The first-order chi connectivity index (χ1) is 11.2. The standard InChI is InChI=1S/C16H19N5O2.ClH/c22-15(23)16-8-4-5-12(16)9-20(11-16)10-14-17-18-19-21(14)13-6-2-1-3-7-13;/h1-3,6-7,12H,4-5,8-11H2,(H,22,23);1H/t12-,16+;/m0./s1. The maximum absolute atomic E-state index is 11.8. The van der Waals surface area contributed by atoms with Gasteiger partial charge in [0.2, 0.25) is 0 Å². The summed E-state index contributed by atoms with van der Waals surface area (Å²) in [6.07, 6.45) is 2.81. The second-order valence-electron chi connectivity index (χ2n) is 6.56. The number of carboxylic acids is 1. The Morgan fingerprint density at radius 3 is 2.83 bits per heavy atom. The summed E-state index contributed by atoms with van der Waals surface area (Å²) >= 11 is 0. The summed E-state index contributed by atoms with van der Waals surface area (Å²) in [5.41, 5.74) is 0.352. The second-order valence-corrected chi connectivity index (χ2v) is 6.56. The zero-order chi connectivity index (χ0) is 15.9. The van der Waals surface area contributed by atoms with E-state index in [9.17, 15) is 9.90 Å². The summed E-state index contributed by atoms with van der Waals surface area (Å²) in [6.45, 7) is 1.98. The fourth-order valence-electron chi connectivity index (χ4n) is 4.14. The van der Waals surface area contributed by atoms with Gasteiger partial charge in [0.1, 0.15) is 0 Å². The number of fused-ring (bicyclic) bond motifs is 1. The molecule has 0 bridgehead atoms. The van der Waals surface area contributed by atoms with Gasteiger partial charge in [-0.05, 0) is 41.3 Å². The van der Waals surface area contributed by atoms with Crippen molar-refractivity contribution < 1.29 is 9.90 Å². The van der Waals surface area contributed by atoms with Gasteiger partial charge in [0.05, 0.1) is 17.6 Å². The van der Waals surface area contributed by atoms with Gasteiger partial charge < -0.3 is 5.11 Å². The number of carbonyl (C=O) groups is 1. The lowest BCUT2D eigenvalue weighted by molar-refractivity contribution is -0.149. The molecule has 128 valence electrons. The lowest BCUT2D eigenvalue weighted by Gasteiger charge is -2.23. The van der Waals surface area contributed by atoms with E-state index >= 15 is 0 Å². The van der Waals surface area contributed by atoms with Gasteiger partial charge in [0.15, 0.2) is 5.82 Å². The number of aromatic nitrogens is 4. The van der Waals surface area contributed by atoms with Crippen LogP contribution in [0.3, 0.4) is 0 Å². The molecule has 1 aromatic heterocycles. The third-order valence-electron chi connectivity index (χ3n) is 5.27. The summed E-state index contributed by atoms with van der Waals surface area (Å²) in [7, 11) is 0. The first-order valence-electron chi connectivity index (χ1n) is 7.97. The van der Waals surface area contributed by atoms with Crippen molar-refractivity contribution in [1.82, 2.24) is 25.1 Å². The van der Waals surface area contributed by atoms with Crippen LogP contribution in [0.15, 0.2) is 30.3 Å². The summed E-state index contributed by atoms with van der Waals surface area (Å²) in [5.74, 6) is 0.350. The molecule has 1 aliphatic carbocycles. The third kappa shape index (κ3) is 2.67. The minimum absolute atomic E-state index is 0. The second kappa shape index (κ2) is 6.49. The molecule has 8 heteroatoms. The molecule has 0 amide bonds. The molecule has 24 heavy (non-hydrogen) atoms. The summed E-state index contributed by atoms with van der Waals surface area (Å²) in [4.78, 5) is 14.0. The van der Waals surface area contributed by atoms with E-state index < -0.39 is 11.4 Å². The SMILES string of the molecule is Cl.O=C(O)[C@@]12CCC[C@H]1CN(Cc1nnnn1-c1ccccc1)C2. The highest BCUT2D eigenvalue weighted by Gasteiger charge is 2.54. The number of para-hydroxylation sites is 1. The number of halogens is 1. The monoisotopic (exact) mass is 349 g/mol. The van der Waals surface area contributed by atoms with Gasteiger partial charge in [-0.3, -0.25) is 9.69 Å². The van der Waals surface area contributed by atoms with E-state index in [0.29, 0.717) is 13.1 Å². The van der Waals surface area contributed by atoms with Crippen LogP contribution in [0.5, 0.6) is 0 Å². The van der Waals surface area contributed by atoms with Gasteiger partial charge in [0.25, 0.3) is 0 Å². The van der Waals surface area contributed by atoms with Crippen molar-refractivity contribution in [2.75, 3.05) is 13.1 Å². The average molecular weight is 350 g/mol. The van der Waals surface area contributed by atoms with Crippen molar-refractivity contribution in [1.29, 1.82) is 0 Å². The minimum atomic E-state index is -0.648. The van der Waals surface area contributed by atoms with Gasteiger partial charge in [0, 0.05) is 13.1 Å². The van der Waals surface area contributed by atoms with Crippen LogP contribution in [0.4, 0.5) is 0 Å². The molecular weight excluding hydrogens is 330 g/mol. The van der Waals surface area contributed by atoms with E-state index in [-0.39, 0.29) is 18.3 Å². The number of hydrogen-bond acceptors (Lipinski definition) is 5. The topological polar surface area (TPSA) is 84.1 Å². The van der Waals surface area contributed by atoms with Crippen LogP contribution in [0.1, 0.15) is 25.1 Å². The van der Waals surface area contributed by atoms with Crippen molar-refractivity contribution in [3.8, 4) is 5.69 Å². The number of tetrazole rings is 1. The van der Waals surface area contributed by atoms with E-state index in [0.717, 1.165) is 37.3 Å². The smallest absolute Gasteiger partial charge is 0.311 e. The lowest BCUT2D eigenvalue weighted by atomic mass is 9.81. The van der Waals surface area contributed by atoms with Crippen LogP contribution in [0.25, 0.3) is 5.69 Å². The fraction of sp³-hybridized carbons (Fsp3) is 0.500. The fourth-order valence-corrected chi connectivity index (χ4v) is 4.14. The zero-order valence-electron chi connectivity index (χ0n) is 13.2. The Morgan fingerprint density at radius 2 is 2.12 bits per heavy atom. The predicted molar refractivity (Wildman–Crippen MR) is 89.1 cm³/mol. The number of carboxylic acid groups (broad SMARTS) is 1. The molecule has 1 N–H and O–H groups in total. The first kappa shape index (κ1) is 16.9. The minimum Gasteiger partial charge on any atom is -0.481 e. The molecule has 2 atom stereocenters. The van der Waals surface area contributed by atoms with Crippen LogP contribution in [-0.2, 0) is 11.3 Å². The Bertz CT molecular complexity index is 722. The number of nitrogens with zero attached hydrogens (tertiary/aromatic N) is 5. The molecule has 2 aliphatic rings. The van der Waals surface area contributed by atoms with Crippen molar-refractivity contribution in [2.24, 2.45) is 11.3 Å². The first-order valence-corrected chi connectivity index (χ1v) is 7.97. The Kier molecular flexibility index (Phi) is 4.56. The Labute approximate surface area is 146 Å². The Hall–Kier alpha value is -1.99. The van der Waals surface area contributed by atoms with Crippen LogP contribution in [0, 0.1) is 11.3 Å². The Balaban J connectivity index is 0.00000169. The Morgan fingerprint density at radius 1 is 1.33 bits per heavy atom. The molecule has 2 heterocycles. The highest BCUT2D eigenvalue weighted by atomic mass is 35.5. The zero-order valence-corrected chi connectivity index (χ0v) is 14.0. The quantitative estimate of drug-likeness (QED) is 0.905. The number of likely N-dealkylation sites (tertiary alicyclic amines) is 1. The maximum atomic E-state index is 11.8. The molecule has 1 saturated carbocycles. The largest absolute Gasteiger partial charge is 0.481 e. The van der Waals surface area contributed by atoms with Gasteiger partial charge >= 0.3 is 5.97 Å². The molecular formula is C16H20ClN5O2. The highest BCUT2D eigenvalue weighted by Crippen LogP contribution is 2.49. The van der Waals surface area contributed by atoms with Crippen molar-refractivity contribution in [2.45, 2.75) is 25.8 Å². The van der Waals surface area contributed by atoms with Crippen molar-refractivity contribution >= 4 is 18.4 Å². The number of benzene rings is 1. The van der Waals surface area contributed by atoms with Crippen LogP contribution in [0.2, 0.25) is 0 Å².